The number of rotatable bonds is 11. The summed E-state index contributed by atoms with van der Waals surface area (Å²) in [7, 11) is 1.63. The van der Waals surface area contributed by atoms with Gasteiger partial charge in [-0.05, 0) is 38.2 Å². The predicted molar refractivity (Wildman–Crippen MR) is 137 cm³/mol. The number of benzene rings is 1. The fraction of sp³-hybridized carbons (Fsp3) is 0.679. The number of nitrogens with one attached hydrogen (secondary N) is 1. The molecule has 2 saturated heterocycles. The topological polar surface area (TPSA) is 79.0 Å². The van der Waals surface area contributed by atoms with E-state index in [1.807, 2.05) is 34.1 Å². The van der Waals surface area contributed by atoms with Crippen molar-refractivity contribution in [2.45, 2.75) is 77.7 Å². The number of para-hydroxylation sites is 1. The van der Waals surface area contributed by atoms with Gasteiger partial charge in [0, 0.05) is 44.1 Å². The van der Waals surface area contributed by atoms with Crippen LogP contribution in [0.15, 0.2) is 24.3 Å². The maximum Gasteiger partial charge on any atom is 0.228 e. The molecule has 0 radical (unpaired) electrons. The molecule has 3 amide bonds. The highest BCUT2D eigenvalue weighted by atomic mass is 16.5. The van der Waals surface area contributed by atoms with E-state index in [-0.39, 0.29) is 35.6 Å². The second kappa shape index (κ2) is 13.5. The number of nitrogens with zero attached hydrogens (tertiary/aromatic N) is 2. The van der Waals surface area contributed by atoms with Crippen LogP contribution >= 0.6 is 0 Å². The van der Waals surface area contributed by atoms with E-state index in [2.05, 4.69) is 19.2 Å². The standard InChI is InChI=1S/C28H43N3O4/c1-4-6-10-17-29-27(33)21-15-19-30(20-16-21)28(34)23-13-14-25(32)31(18-7-5-2)26(23)22-11-8-9-12-24(22)35-3/h8-9,11-12,21,23,26H,4-7,10,13-20H2,1-3H3,(H,29,33). The number of ether oxygens (including phenoxy) is 1. The predicted octanol–water partition coefficient (Wildman–Crippen LogP) is 4.32. The van der Waals surface area contributed by atoms with Crippen molar-refractivity contribution in [3.05, 3.63) is 29.8 Å². The monoisotopic (exact) mass is 485 g/mol. The molecule has 35 heavy (non-hydrogen) atoms. The van der Waals surface area contributed by atoms with Crippen molar-refractivity contribution in [2.75, 3.05) is 33.3 Å². The molecule has 0 spiro atoms. The van der Waals surface area contributed by atoms with Gasteiger partial charge < -0.3 is 19.9 Å². The summed E-state index contributed by atoms with van der Waals surface area (Å²) in [6.45, 7) is 6.81. The van der Waals surface area contributed by atoms with Gasteiger partial charge in [0.1, 0.15) is 5.75 Å². The Kier molecular flexibility index (Phi) is 10.4. The highest BCUT2D eigenvalue weighted by Gasteiger charge is 2.43. The fourth-order valence-electron chi connectivity index (χ4n) is 5.43. The zero-order valence-corrected chi connectivity index (χ0v) is 21.8. The molecule has 0 bridgehead atoms. The van der Waals surface area contributed by atoms with Crippen LogP contribution in [0.5, 0.6) is 5.75 Å². The molecule has 2 unspecified atom stereocenters. The molecule has 2 aliphatic heterocycles. The van der Waals surface area contributed by atoms with Gasteiger partial charge in [-0.2, -0.15) is 0 Å². The summed E-state index contributed by atoms with van der Waals surface area (Å²) in [5.41, 5.74) is 0.902. The molecule has 2 atom stereocenters. The van der Waals surface area contributed by atoms with E-state index in [0.717, 1.165) is 44.2 Å². The van der Waals surface area contributed by atoms with Crippen LogP contribution in [0.4, 0.5) is 0 Å². The Morgan fingerprint density at radius 2 is 1.74 bits per heavy atom. The maximum absolute atomic E-state index is 13.8. The Balaban J connectivity index is 1.72. The number of hydrogen-bond donors (Lipinski definition) is 1. The van der Waals surface area contributed by atoms with Gasteiger partial charge in [0.25, 0.3) is 0 Å². The Morgan fingerprint density at radius 3 is 2.43 bits per heavy atom. The Bertz CT molecular complexity index is 850. The average Bonchev–Trinajstić information content (AvgIpc) is 2.89. The first-order chi connectivity index (χ1) is 17.0. The summed E-state index contributed by atoms with van der Waals surface area (Å²) in [6, 6.07) is 7.42. The Labute approximate surface area is 210 Å². The molecule has 194 valence electrons. The fourth-order valence-corrected chi connectivity index (χ4v) is 5.43. The highest BCUT2D eigenvalue weighted by molar-refractivity contribution is 5.86. The molecule has 1 N–H and O–H groups in total. The Hall–Kier alpha value is -2.57. The number of amides is 3. The van der Waals surface area contributed by atoms with Gasteiger partial charge in [0.05, 0.1) is 19.1 Å². The van der Waals surface area contributed by atoms with Crippen molar-refractivity contribution < 1.29 is 19.1 Å². The van der Waals surface area contributed by atoms with Gasteiger partial charge in [-0.15, -0.1) is 0 Å². The van der Waals surface area contributed by atoms with Crippen molar-refractivity contribution in [1.29, 1.82) is 0 Å². The van der Waals surface area contributed by atoms with E-state index >= 15 is 0 Å². The smallest absolute Gasteiger partial charge is 0.228 e. The number of hydrogen-bond acceptors (Lipinski definition) is 4. The maximum atomic E-state index is 13.8. The molecule has 1 aromatic rings. The van der Waals surface area contributed by atoms with Crippen LogP contribution in [-0.2, 0) is 14.4 Å². The molecule has 1 aromatic carbocycles. The molecular weight excluding hydrogens is 442 g/mol. The van der Waals surface area contributed by atoms with Crippen molar-refractivity contribution in [3.63, 3.8) is 0 Å². The number of unbranched alkanes of at least 4 members (excludes halogenated alkanes) is 3. The molecule has 7 heteroatoms. The van der Waals surface area contributed by atoms with Gasteiger partial charge in [-0.25, -0.2) is 0 Å². The first-order valence-corrected chi connectivity index (χ1v) is 13.5. The number of carbonyl (C=O) groups is 3. The van der Waals surface area contributed by atoms with Gasteiger partial charge >= 0.3 is 0 Å². The van der Waals surface area contributed by atoms with Crippen molar-refractivity contribution >= 4 is 17.7 Å². The first-order valence-electron chi connectivity index (χ1n) is 13.5. The van der Waals surface area contributed by atoms with E-state index in [1.54, 1.807) is 7.11 Å². The molecule has 3 rings (SSSR count). The average molecular weight is 486 g/mol. The first kappa shape index (κ1) is 27.0. The zero-order valence-electron chi connectivity index (χ0n) is 21.8. The molecule has 7 nitrogen and oxygen atoms in total. The van der Waals surface area contributed by atoms with Crippen LogP contribution in [0.25, 0.3) is 0 Å². The third-order valence-electron chi connectivity index (χ3n) is 7.49. The molecule has 0 saturated carbocycles. The van der Waals surface area contributed by atoms with Crippen LogP contribution in [0.3, 0.4) is 0 Å². The van der Waals surface area contributed by atoms with E-state index in [4.69, 9.17) is 4.74 Å². The normalized spacial score (nSPS) is 21.2. The van der Waals surface area contributed by atoms with Crippen molar-refractivity contribution in [1.82, 2.24) is 15.1 Å². The van der Waals surface area contributed by atoms with Gasteiger partial charge in [-0.1, -0.05) is 51.3 Å². The second-order valence-corrected chi connectivity index (χ2v) is 9.87. The highest BCUT2D eigenvalue weighted by Crippen LogP contribution is 2.42. The van der Waals surface area contributed by atoms with Crippen LogP contribution in [0.1, 0.15) is 83.2 Å². The van der Waals surface area contributed by atoms with Crippen LogP contribution in [-0.4, -0.2) is 60.8 Å². The van der Waals surface area contributed by atoms with Crippen LogP contribution < -0.4 is 10.1 Å². The molecule has 2 aliphatic rings. The summed E-state index contributed by atoms with van der Waals surface area (Å²) in [4.78, 5) is 43.2. The number of likely N-dealkylation sites (tertiary alicyclic amines) is 2. The lowest BCUT2D eigenvalue weighted by molar-refractivity contribution is -0.149. The molecule has 2 heterocycles. The summed E-state index contributed by atoms with van der Waals surface area (Å²) >= 11 is 0. The lowest BCUT2D eigenvalue weighted by Gasteiger charge is -2.43. The lowest BCUT2D eigenvalue weighted by Crippen LogP contribution is -2.51. The van der Waals surface area contributed by atoms with Crippen LogP contribution in [0, 0.1) is 11.8 Å². The van der Waals surface area contributed by atoms with Gasteiger partial charge in [0.15, 0.2) is 0 Å². The molecule has 0 aliphatic carbocycles. The quantitative estimate of drug-likeness (QED) is 0.474. The lowest BCUT2D eigenvalue weighted by atomic mass is 9.82. The van der Waals surface area contributed by atoms with E-state index in [0.29, 0.717) is 51.1 Å². The third kappa shape index (κ3) is 6.77. The summed E-state index contributed by atoms with van der Waals surface area (Å²) in [5, 5.41) is 3.07. The van der Waals surface area contributed by atoms with E-state index in [1.165, 1.54) is 0 Å². The van der Waals surface area contributed by atoms with E-state index in [9.17, 15) is 14.4 Å². The number of carbonyl (C=O) groups excluding carboxylic acids is 3. The van der Waals surface area contributed by atoms with Crippen molar-refractivity contribution in [2.24, 2.45) is 11.8 Å². The largest absolute Gasteiger partial charge is 0.496 e. The van der Waals surface area contributed by atoms with Crippen LogP contribution in [0.2, 0.25) is 0 Å². The van der Waals surface area contributed by atoms with E-state index < -0.39 is 0 Å². The summed E-state index contributed by atoms with van der Waals surface area (Å²) in [5.74, 6) is 0.701. The minimum atomic E-state index is -0.328. The third-order valence-corrected chi connectivity index (χ3v) is 7.49. The molecule has 2 fully saturated rings. The molecular formula is C28H43N3O4. The summed E-state index contributed by atoms with van der Waals surface area (Å²) < 4.78 is 5.64. The summed E-state index contributed by atoms with van der Waals surface area (Å²) in [6.07, 6.45) is 7.47. The zero-order chi connectivity index (χ0) is 25.2. The minimum Gasteiger partial charge on any atom is -0.496 e. The molecule has 0 aromatic heterocycles. The SMILES string of the molecule is CCCCCNC(=O)C1CCN(C(=O)C2CCC(=O)N(CCCC)C2c2ccccc2OC)CC1. The second-order valence-electron chi connectivity index (χ2n) is 9.87. The number of methoxy groups -OCH3 is 1. The Morgan fingerprint density at radius 1 is 1.03 bits per heavy atom. The van der Waals surface area contributed by atoms with Gasteiger partial charge in [0.2, 0.25) is 17.7 Å². The van der Waals surface area contributed by atoms with Crippen molar-refractivity contribution in [3.8, 4) is 5.75 Å². The minimum absolute atomic E-state index is 0.0281. The van der Waals surface area contributed by atoms with Gasteiger partial charge in [-0.3, -0.25) is 14.4 Å². The number of piperidine rings is 2.